The van der Waals surface area contributed by atoms with E-state index in [-0.39, 0.29) is 5.82 Å². The summed E-state index contributed by atoms with van der Waals surface area (Å²) in [7, 11) is 4.17. The Morgan fingerprint density at radius 3 is 2.46 bits per heavy atom. The molecule has 8 heteroatoms. The van der Waals surface area contributed by atoms with Crippen molar-refractivity contribution < 1.29 is 4.39 Å². The summed E-state index contributed by atoms with van der Waals surface area (Å²) in [4.78, 5) is 17.7. The first kappa shape index (κ1) is 38.6. The van der Waals surface area contributed by atoms with Crippen LogP contribution in [0, 0.1) is 18.7 Å². The highest BCUT2D eigenvalue weighted by atomic mass is 19.1. The molecule has 0 unspecified atom stereocenters. The zero-order valence-corrected chi connectivity index (χ0v) is 30.9. The van der Waals surface area contributed by atoms with E-state index < -0.39 is 0 Å². The molecule has 3 aromatic heterocycles. The Hall–Kier alpha value is -3.88. The number of pyridine rings is 1. The number of aryl methyl sites for hydroxylation is 2. The van der Waals surface area contributed by atoms with Crippen molar-refractivity contribution in [2.24, 2.45) is 5.92 Å². The number of benzene rings is 1. The van der Waals surface area contributed by atoms with Gasteiger partial charge in [0.15, 0.2) is 5.82 Å². The van der Waals surface area contributed by atoms with E-state index in [1.54, 1.807) is 18.2 Å². The van der Waals surface area contributed by atoms with Gasteiger partial charge in [-0.2, -0.15) is 5.10 Å². The van der Waals surface area contributed by atoms with E-state index in [1.807, 2.05) is 40.0 Å². The minimum Gasteiger partial charge on any atom is -0.340 e. The van der Waals surface area contributed by atoms with Gasteiger partial charge >= 0.3 is 0 Å². The third-order valence-electron chi connectivity index (χ3n) is 8.40. The lowest BCUT2D eigenvalue weighted by Gasteiger charge is -2.14. The molecule has 4 heterocycles. The standard InChI is InChI=1S/C33H39FN6.C5H13N.C2H6/c1-6-11-27(24-16-23(17-25(34)18-24)12-10-15-40-13-8-9-14-40)31-22(5)36-33(37-31)32-28-19-29(26(7-2)21(3)4)35-20-30(28)38-39-32;1-4-5-6(2)3;1-2/h6-7,11,16-21H,1,8-10,12-15H2,2-5H3,(H,36,37)(H,38,39);4-5H2,1-3H3;1-2H3/b26-7+,27-11-;;. The Bertz CT molecular complexity index is 1650. The molecule has 0 amide bonds. The molecule has 5 rings (SSSR count). The summed E-state index contributed by atoms with van der Waals surface area (Å²) < 4.78 is 14.8. The number of rotatable bonds is 12. The van der Waals surface area contributed by atoms with E-state index in [9.17, 15) is 4.39 Å². The number of nitrogens with one attached hydrogen (secondary N) is 2. The Morgan fingerprint density at radius 2 is 1.85 bits per heavy atom. The molecular formula is C40H58FN7. The maximum absolute atomic E-state index is 14.8. The monoisotopic (exact) mass is 655 g/mol. The topological polar surface area (TPSA) is 76.7 Å². The predicted octanol–water partition coefficient (Wildman–Crippen LogP) is 9.49. The molecule has 0 aliphatic carbocycles. The second-order valence-corrected chi connectivity index (χ2v) is 12.8. The predicted molar refractivity (Wildman–Crippen MR) is 203 cm³/mol. The fourth-order valence-corrected chi connectivity index (χ4v) is 6.21. The number of H-pyrrole nitrogens is 2. The van der Waals surface area contributed by atoms with Crippen molar-refractivity contribution in [2.75, 3.05) is 40.3 Å². The zero-order chi connectivity index (χ0) is 35.2. The van der Waals surface area contributed by atoms with Crippen LogP contribution >= 0.6 is 0 Å². The van der Waals surface area contributed by atoms with Crippen LogP contribution in [0.2, 0.25) is 0 Å². The van der Waals surface area contributed by atoms with Gasteiger partial charge in [-0.25, -0.2) is 9.37 Å². The Balaban J connectivity index is 0.000000705. The third-order valence-corrected chi connectivity index (χ3v) is 8.40. The van der Waals surface area contributed by atoms with Crippen molar-refractivity contribution in [1.29, 1.82) is 0 Å². The van der Waals surface area contributed by atoms with Crippen LogP contribution in [0.15, 0.2) is 55.3 Å². The minimum absolute atomic E-state index is 0.236. The largest absolute Gasteiger partial charge is 0.340 e. The van der Waals surface area contributed by atoms with Gasteiger partial charge in [0.1, 0.15) is 11.5 Å². The van der Waals surface area contributed by atoms with Gasteiger partial charge in [-0.15, -0.1) is 0 Å². The van der Waals surface area contributed by atoms with Crippen LogP contribution in [0.25, 0.3) is 33.6 Å². The van der Waals surface area contributed by atoms with Crippen molar-refractivity contribution >= 4 is 22.0 Å². The van der Waals surface area contributed by atoms with Gasteiger partial charge in [-0.1, -0.05) is 65.5 Å². The van der Waals surface area contributed by atoms with Crippen molar-refractivity contribution in [3.05, 3.63) is 89.3 Å². The molecule has 7 nitrogen and oxygen atoms in total. The summed E-state index contributed by atoms with van der Waals surface area (Å²) in [6, 6.07) is 7.39. The molecule has 260 valence electrons. The summed E-state index contributed by atoms with van der Waals surface area (Å²) >= 11 is 0. The summed E-state index contributed by atoms with van der Waals surface area (Å²) in [6.07, 6.45) is 13.3. The molecule has 1 aliphatic rings. The number of imidazole rings is 1. The number of halogens is 1. The fourth-order valence-electron chi connectivity index (χ4n) is 6.21. The van der Waals surface area contributed by atoms with E-state index in [1.165, 1.54) is 44.5 Å². The first-order valence-corrected chi connectivity index (χ1v) is 17.7. The number of likely N-dealkylation sites (tertiary alicyclic amines) is 1. The van der Waals surface area contributed by atoms with E-state index in [0.717, 1.165) is 69.8 Å². The second-order valence-electron chi connectivity index (χ2n) is 12.8. The molecule has 0 atom stereocenters. The third kappa shape index (κ3) is 10.3. The normalized spacial score (nSPS) is 13.9. The van der Waals surface area contributed by atoms with Crippen LogP contribution in [0.5, 0.6) is 0 Å². The fraction of sp³-hybridized carbons (Fsp3) is 0.475. The molecule has 2 N–H and O–H groups in total. The van der Waals surface area contributed by atoms with Gasteiger partial charge in [0.25, 0.3) is 0 Å². The van der Waals surface area contributed by atoms with Gasteiger partial charge in [0.2, 0.25) is 0 Å². The van der Waals surface area contributed by atoms with Crippen LogP contribution in [0.4, 0.5) is 4.39 Å². The van der Waals surface area contributed by atoms with Gasteiger partial charge in [0.05, 0.1) is 23.1 Å². The first-order chi connectivity index (χ1) is 23.1. The highest BCUT2D eigenvalue weighted by Gasteiger charge is 2.20. The maximum atomic E-state index is 14.8. The molecule has 1 fully saturated rings. The number of hydrogen-bond donors (Lipinski definition) is 2. The van der Waals surface area contributed by atoms with E-state index >= 15 is 0 Å². The first-order valence-electron chi connectivity index (χ1n) is 17.7. The summed E-state index contributed by atoms with van der Waals surface area (Å²) in [5.41, 5.74) is 7.95. The highest BCUT2D eigenvalue weighted by Crippen LogP contribution is 2.32. The molecular weight excluding hydrogens is 597 g/mol. The van der Waals surface area contributed by atoms with Crippen LogP contribution in [-0.2, 0) is 6.42 Å². The van der Waals surface area contributed by atoms with Gasteiger partial charge < -0.3 is 14.8 Å². The molecule has 1 saturated heterocycles. The Kier molecular flexibility index (Phi) is 15.4. The minimum atomic E-state index is -0.236. The van der Waals surface area contributed by atoms with Crippen LogP contribution < -0.4 is 0 Å². The lowest BCUT2D eigenvalue weighted by atomic mass is 9.97. The second kappa shape index (κ2) is 19.2. The maximum Gasteiger partial charge on any atom is 0.159 e. The number of hydrogen-bond acceptors (Lipinski definition) is 5. The van der Waals surface area contributed by atoms with Crippen molar-refractivity contribution in [3.8, 4) is 11.5 Å². The van der Waals surface area contributed by atoms with E-state index in [2.05, 4.69) is 89.6 Å². The summed E-state index contributed by atoms with van der Waals surface area (Å²) in [5, 5.41) is 8.63. The van der Waals surface area contributed by atoms with Crippen molar-refractivity contribution in [1.82, 2.24) is 34.9 Å². The molecule has 1 aromatic carbocycles. The number of aromatic nitrogens is 5. The van der Waals surface area contributed by atoms with Gasteiger partial charge in [0, 0.05) is 16.7 Å². The quantitative estimate of drug-likeness (QED) is 0.149. The Labute approximate surface area is 288 Å². The summed E-state index contributed by atoms with van der Waals surface area (Å²) in [6.45, 7) is 23.1. The SMILES string of the molecule is C=C/C=C(/c1cc(F)cc(CCCN2CCCC2)c1)c1nc(-c2n[nH]c3cnc(/C(=C/C)C(C)C)cc23)[nH]c1C.CC.CCCN(C)C. The average molecular weight is 656 g/mol. The molecule has 0 spiro atoms. The number of allylic oxidation sites excluding steroid dienone is 4. The number of nitrogens with zero attached hydrogens (tertiary/aromatic N) is 5. The van der Waals surface area contributed by atoms with Gasteiger partial charge in [-0.05, 0) is 127 Å². The zero-order valence-electron chi connectivity index (χ0n) is 30.9. The molecule has 1 aliphatic heterocycles. The van der Waals surface area contributed by atoms with Crippen molar-refractivity contribution in [3.63, 3.8) is 0 Å². The van der Waals surface area contributed by atoms with Crippen molar-refractivity contribution in [2.45, 2.75) is 80.6 Å². The smallest absolute Gasteiger partial charge is 0.159 e. The molecule has 0 radical (unpaired) electrons. The number of aromatic amines is 2. The summed E-state index contributed by atoms with van der Waals surface area (Å²) in [5.74, 6) is 0.769. The number of fused-ring (bicyclic) bond motifs is 1. The molecule has 48 heavy (non-hydrogen) atoms. The van der Waals surface area contributed by atoms with E-state index in [4.69, 9.17) is 4.98 Å². The molecule has 0 saturated carbocycles. The van der Waals surface area contributed by atoms with E-state index in [0.29, 0.717) is 11.7 Å². The average Bonchev–Trinajstić information content (AvgIpc) is 3.81. The lowest BCUT2D eigenvalue weighted by molar-refractivity contribution is 0.334. The van der Waals surface area contributed by atoms with Crippen LogP contribution in [0.1, 0.15) is 95.4 Å². The van der Waals surface area contributed by atoms with Crippen LogP contribution in [0.3, 0.4) is 0 Å². The van der Waals surface area contributed by atoms with Gasteiger partial charge in [-0.3, -0.25) is 10.1 Å². The molecule has 4 aromatic rings. The van der Waals surface area contributed by atoms with Crippen LogP contribution in [-0.4, -0.2) is 75.2 Å². The molecule has 0 bridgehead atoms. The lowest BCUT2D eigenvalue weighted by Crippen LogP contribution is -2.20. The Morgan fingerprint density at radius 1 is 1.12 bits per heavy atom. The highest BCUT2D eigenvalue weighted by molar-refractivity contribution is 5.93.